The second kappa shape index (κ2) is 6.68. The Morgan fingerprint density at radius 3 is 2.56 bits per heavy atom. The van der Waals surface area contributed by atoms with Gasteiger partial charge in [-0.2, -0.15) is 0 Å². The first-order valence-electron chi connectivity index (χ1n) is 9.34. The fraction of sp³-hybridized carbons (Fsp3) is 0.474. The van der Waals surface area contributed by atoms with Crippen LogP contribution in [-0.2, 0) is 22.4 Å². The largest absolute Gasteiger partial charge is 0.325 e. The lowest BCUT2D eigenvalue weighted by Gasteiger charge is -2.19. The molecule has 0 unspecified atom stereocenters. The van der Waals surface area contributed by atoms with Crippen LogP contribution in [-0.4, -0.2) is 40.7 Å². The molecule has 2 aliphatic carbocycles. The summed E-state index contributed by atoms with van der Waals surface area (Å²) in [4.78, 5) is 49.9. The number of hydrazine groups is 1. The number of nitrogens with one attached hydrogen (secondary N) is 3. The maximum Gasteiger partial charge on any atom is 0.325 e. The van der Waals surface area contributed by atoms with Crippen molar-refractivity contribution in [2.45, 2.75) is 50.5 Å². The number of carbonyl (C=O) groups excluding carboxylic acids is 4. The van der Waals surface area contributed by atoms with Crippen LogP contribution in [0.2, 0.25) is 0 Å². The first kappa shape index (κ1) is 17.5. The van der Waals surface area contributed by atoms with Gasteiger partial charge in [-0.25, -0.2) is 4.79 Å². The van der Waals surface area contributed by atoms with Gasteiger partial charge in [0.05, 0.1) is 0 Å². The van der Waals surface area contributed by atoms with E-state index >= 15 is 0 Å². The number of nitrogens with zero attached hydrogens (tertiary/aromatic N) is 1. The van der Waals surface area contributed by atoms with Gasteiger partial charge >= 0.3 is 6.03 Å². The lowest BCUT2D eigenvalue weighted by molar-refractivity contribution is -0.135. The molecule has 27 heavy (non-hydrogen) atoms. The molecule has 1 aromatic carbocycles. The molecule has 8 heteroatoms. The molecular weight excluding hydrogens is 348 g/mol. The number of rotatable bonds is 3. The lowest BCUT2D eigenvalue weighted by atomic mass is 9.98. The minimum absolute atomic E-state index is 0.356. The highest BCUT2D eigenvalue weighted by Gasteiger charge is 2.52. The van der Waals surface area contributed by atoms with Crippen LogP contribution in [0.15, 0.2) is 18.2 Å². The molecular formula is C19H22N4O4. The van der Waals surface area contributed by atoms with E-state index in [1.165, 1.54) is 5.56 Å². The summed E-state index contributed by atoms with van der Waals surface area (Å²) in [6.07, 6.45) is 6.03. The van der Waals surface area contributed by atoms with Crippen molar-refractivity contribution in [1.29, 1.82) is 0 Å². The minimum atomic E-state index is -0.842. The maximum atomic E-state index is 12.5. The Balaban J connectivity index is 1.32. The van der Waals surface area contributed by atoms with Gasteiger partial charge in [0.2, 0.25) is 0 Å². The maximum absolute atomic E-state index is 12.5. The second-order valence-electron chi connectivity index (χ2n) is 7.45. The molecule has 3 aliphatic rings. The number of hydrogen-bond donors (Lipinski definition) is 3. The minimum Gasteiger partial charge on any atom is -0.323 e. The smallest absolute Gasteiger partial charge is 0.323 e. The molecule has 8 nitrogen and oxygen atoms in total. The molecule has 1 heterocycles. The van der Waals surface area contributed by atoms with Crippen LogP contribution in [0, 0.1) is 0 Å². The molecule has 0 radical (unpaired) electrons. The van der Waals surface area contributed by atoms with Crippen molar-refractivity contribution in [1.82, 2.24) is 21.1 Å². The van der Waals surface area contributed by atoms with E-state index in [0.29, 0.717) is 18.4 Å². The van der Waals surface area contributed by atoms with Gasteiger partial charge in [0.1, 0.15) is 12.1 Å². The summed E-state index contributed by atoms with van der Waals surface area (Å²) in [5.74, 6) is -1.41. The van der Waals surface area contributed by atoms with Gasteiger partial charge in [0.15, 0.2) is 0 Å². The topological polar surface area (TPSA) is 108 Å². The van der Waals surface area contributed by atoms with Crippen molar-refractivity contribution >= 4 is 23.8 Å². The van der Waals surface area contributed by atoms with E-state index in [0.717, 1.165) is 42.6 Å². The predicted octanol–water partition coefficient (Wildman–Crippen LogP) is 0.801. The van der Waals surface area contributed by atoms with E-state index in [-0.39, 0.29) is 5.91 Å². The van der Waals surface area contributed by atoms with E-state index in [2.05, 4.69) is 16.2 Å². The molecule has 142 valence electrons. The average Bonchev–Trinajstić information content (AvgIpc) is 3.36. The molecule has 3 N–H and O–H groups in total. The summed E-state index contributed by atoms with van der Waals surface area (Å²) in [5, 5.41) is 2.72. The Hall–Kier alpha value is -2.90. The highest BCUT2D eigenvalue weighted by Crippen LogP contribution is 2.34. The van der Waals surface area contributed by atoms with Crippen LogP contribution in [0.1, 0.15) is 53.6 Å². The van der Waals surface area contributed by atoms with Crippen molar-refractivity contribution in [2.24, 2.45) is 0 Å². The Bertz CT molecular complexity index is 829. The summed E-state index contributed by atoms with van der Waals surface area (Å²) < 4.78 is 0. The highest BCUT2D eigenvalue weighted by atomic mass is 16.2. The van der Waals surface area contributed by atoms with E-state index in [9.17, 15) is 19.2 Å². The molecule has 1 saturated carbocycles. The van der Waals surface area contributed by atoms with Crippen LogP contribution in [0.4, 0.5) is 4.79 Å². The molecule has 2 fully saturated rings. The van der Waals surface area contributed by atoms with Gasteiger partial charge in [-0.15, -0.1) is 0 Å². The Morgan fingerprint density at radius 1 is 1.04 bits per heavy atom. The predicted molar refractivity (Wildman–Crippen MR) is 95.5 cm³/mol. The molecule has 5 amide bonds. The number of aryl methyl sites for hydroxylation is 2. The van der Waals surface area contributed by atoms with E-state index < -0.39 is 29.9 Å². The SMILES string of the molecule is O=C(CN1C(=O)NC2(CCCC2)C1=O)NNC(=O)c1ccc2c(c1)CCC2. The third-order valence-corrected chi connectivity index (χ3v) is 5.68. The normalized spacial score (nSPS) is 19.9. The van der Waals surface area contributed by atoms with Gasteiger partial charge in [-0.05, 0) is 55.4 Å². The number of imide groups is 1. The van der Waals surface area contributed by atoms with Crippen molar-refractivity contribution in [3.05, 3.63) is 34.9 Å². The highest BCUT2D eigenvalue weighted by molar-refractivity contribution is 6.09. The van der Waals surface area contributed by atoms with Crippen LogP contribution in [0.5, 0.6) is 0 Å². The first-order valence-corrected chi connectivity index (χ1v) is 9.34. The monoisotopic (exact) mass is 370 g/mol. The van der Waals surface area contributed by atoms with Crippen molar-refractivity contribution in [2.75, 3.05) is 6.54 Å². The number of urea groups is 1. The number of carbonyl (C=O) groups is 4. The standard InChI is InChI=1S/C19H22N4O4/c24-15(11-23-17(26)19(20-18(23)27)8-1-2-9-19)21-22-16(25)14-7-6-12-4-3-5-13(12)10-14/h6-7,10H,1-5,8-9,11H2,(H,20,27)(H,21,24)(H,22,25). The molecule has 1 spiro atoms. The summed E-state index contributed by atoms with van der Waals surface area (Å²) >= 11 is 0. The molecule has 1 aliphatic heterocycles. The van der Waals surface area contributed by atoms with Crippen LogP contribution in [0.3, 0.4) is 0 Å². The zero-order valence-electron chi connectivity index (χ0n) is 15.0. The fourth-order valence-electron chi connectivity index (χ4n) is 4.23. The second-order valence-corrected chi connectivity index (χ2v) is 7.45. The molecule has 1 aromatic rings. The summed E-state index contributed by atoms with van der Waals surface area (Å²) in [6.45, 7) is -0.420. The Labute approximate surface area is 156 Å². The number of benzene rings is 1. The quantitative estimate of drug-likeness (QED) is 0.540. The van der Waals surface area contributed by atoms with Crippen molar-refractivity contribution in [3.63, 3.8) is 0 Å². The van der Waals surface area contributed by atoms with Gasteiger partial charge in [-0.3, -0.25) is 30.1 Å². The van der Waals surface area contributed by atoms with Crippen molar-refractivity contribution < 1.29 is 19.2 Å². The Morgan fingerprint density at radius 2 is 1.78 bits per heavy atom. The van der Waals surface area contributed by atoms with E-state index in [1.54, 1.807) is 6.07 Å². The number of fused-ring (bicyclic) bond motifs is 1. The Kier molecular flexibility index (Phi) is 4.33. The first-order chi connectivity index (χ1) is 13.0. The van der Waals surface area contributed by atoms with Gasteiger partial charge in [-0.1, -0.05) is 18.9 Å². The summed E-state index contributed by atoms with van der Waals surface area (Å²) in [6, 6.07) is 4.95. The third-order valence-electron chi connectivity index (χ3n) is 5.68. The molecule has 0 bridgehead atoms. The zero-order valence-corrected chi connectivity index (χ0v) is 15.0. The van der Waals surface area contributed by atoms with E-state index in [1.807, 2.05) is 12.1 Å². The van der Waals surface area contributed by atoms with Gasteiger partial charge in [0.25, 0.3) is 17.7 Å². The number of hydrogen-bond acceptors (Lipinski definition) is 4. The van der Waals surface area contributed by atoms with Crippen LogP contribution in [0.25, 0.3) is 0 Å². The third kappa shape index (κ3) is 3.15. The summed E-state index contributed by atoms with van der Waals surface area (Å²) in [5.41, 5.74) is 6.68. The van der Waals surface area contributed by atoms with Gasteiger partial charge < -0.3 is 5.32 Å². The molecule has 1 saturated heterocycles. The van der Waals surface area contributed by atoms with Crippen molar-refractivity contribution in [3.8, 4) is 0 Å². The lowest BCUT2D eigenvalue weighted by Crippen LogP contribution is -2.48. The van der Waals surface area contributed by atoms with E-state index in [4.69, 9.17) is 0 Å². The fourth-order valence-corrected chi connectivity index (χ4v) is 4.23. The molecule has 0 atom stereocenters. The summed E-state index contributed by atoms with van der Waals surface area (Å²) in [7, 11) is 0. The van der Waals surface area contributed by atoms with Gasteiger partial charge in [0, 0.05) is 5.56 Å². The average molecular weight is 370 g/mol. The molecule has 4 rings (SSSR count). The molecule has 0 aromatic heterocycles. The van der Waals surface area contributed by atoms with Crippen LogP contribution >= 0.6 is 0 Å². The zero-order chi connectivity index (χ0) is 19.0. The van der Waals surface area contributed by atoms with Crippen LogP contribution < -0.4 is 16.2 Å². The number of amides is 5.